The number of aromatic nitrogens is 2. The molecule has 16 heteroatoms. The van der Waals surface area contributed by atoms with Crippen molar-refractivity contribution in [1.82, 2.24) is 9.97 Å². The first kappa shape index (κ1) is 26.9. The van der Waals surface area contributed by atoms with Crippen LogP contribution in [0.2, 0.25) is 10.0 Å². The zero-order valence-electron chi connectivity index (χ0n) is 15.6. The molecule has 2 aromatic carbocycles. The monoisotopic (exact) mass is 564 g/mol. The van der Waals surface area contributed by atoms with Crippen molar-refractivity contribution in [3.05, 3.63) is 58.6 Å². The van der Waals surface area contributed by atoms with E-state index in [1.807, 2.05) is 0 Å². The summed E-state index contributed by atoms with van der Waals surface area (Å²) in [7, 11) is -8.45. The molecule has 0 spiro atoms. The first-order chi connectivity index (χ1) is 14.7. The molecule has 11 nitrogen and oxygen atoms in total. The fourth-order valence-corrected chi connectivity index (χ4v) is 4.11. The van der Waals surface area contributed by atoms with Crippen LogP contribution in [0, 0.1) is 0 Å². The Morgan fingerprint density at radius 3 is 1.28 bits per heavy atom. The van der Waals surface area contributed by atoms with Gasteiger partial charge in [-0.2, -0.15) is 0 Å². The van der Waals surface area contributed by atoms with Gasteiger partial charge in [-0.25, -0.2) is 0 Å². The number of H-pyrrole nitrogens is 2. The summed E-state index contributed by atoms with van der Waals surface area (Å²) in [5.41, 5.74) is 1.02. The zero-order chi connectivity index (χ0) is 24.3. The molecule has 0 radical (unpaired) electrons. The summed E-state index contributed by atoms with van der Waals surface area (Å²) >= 11 is 8.40. The Hall–Kier alpha value is -1.35. The number of fused-ring (bicyclic) bond motifs is 2. The third-order valence-corrected chi connectivity index (χ3v) is 6.22. The Bertz CT molecular complexity index is 1260. The van der Waals surface area contributed by atoms with Gasteiger partial charge in [-0.1, -0.05) is 35.3 Å². The number of halogens is 2. The van der Waals surface area contributed by atoms with E-state index in [0.29, 0.717) is 31.9 Å². The van der Waals surface area contributed by atoms with Crippen LogP contribution in [0.3, 0.4) is 0 Å². The number of rotatable bonds is 2. The molecule has 0 aliphatic rings. The van der Waals surface area contributed by atoms with Crippen LogP contribution in [0.4, 0.5) is 0 Å². The molecule has 0 saturated heterocycles. The van der Waals surface area contributed by atoms with Gasteiger partial charge in [-0.15, -0.1) is 0 Å². The number of benzene rings is 2. The van der Waals surface area contributed by atoms with Crippen molar-refractivity contribution in [2.24, 2.45) is 0 Å². The third-order valence-electron chi connectivity index (χ3n) is 3.82. The summed E-state index contributed by atoms with van der Waals surface area (Å²) in [6, 6.07) is 12.9. The van der Waals surface area contributed by atoms with Crippen LogP contribution >= 0.6 is 38.4 Å². The maximum absolute atomic E-state index is 10.9. The van der Waals surface area contributed by atoms with E-state index in [2.05, 4.69) is 9.97 Å². The van der Waals surface area contributed by atoms with Gasteiger partial charge < -0.3 is 29.5 Å². The van der Waals surface area contributed by atoms with Crippen molar-refractivity contribution in [2.45, 2.75) is 0 Å². The van der Waals surface area contributed by atoms with E-state index in [9.17, 15) is 9.13 Å². The van der Waals surface area contributed by atoms with Gasteiger partial charge in [0.1, 0.15) is 10.9 Å². The molecule has 174 valence electrons. The molecule has 8 N–H and O–H groups in total. The third kappa shape index (κ3) is 7.34. The number of nitrogens with one attached hydrogen (secondary N) is 2. The van der Waals surface area contributed by atoms with E-state index in [1.165, 1.54) is 12.1 Å². The SMILES string of the molecule is O=P(O)(O)c1cc2c(Cl)cccc2[nH]1.O=P(O)(O)c1cc2c(Cl)cccc2[nH]1.[O]=[Cr]([OH])[OH]. The quantitative estimate of drug-likeness (QED) is 0.167. The Kier molecular flexibility index (Phi) is 9.01. The standard InChI is InChI=1S/2C8H7ClNO3P.Cr.2H2O.O/c2*9-6-2-1-3-7-5(6)4-8(10-7)14(11,12)13;;;;/h2*1-4,10H,(H2,11,12,13);;2*1H2;/q;;+2;;;/p-2. The van der Waals surface area contributed by atoms with Crippen molar-refractivity contribution in [2.75, 3.05) is 0 Å². The van der Waals surface area contributed by atoms with Gasteiger partial charge in [0.15, 0.2) is 0 Å². The topological polar surface area (TPSA) is 204 Å². The summed E-state index contributed by atoms with van der Waals surface area (Å²) in [6.07, 6.45) is 0. The molecule has 0 atom stereocenters. The van der Waals surface area contributed by atoms with E-state index >= 15 is 0 Å². The van der Waals surface area contributed by atoms with E-state index in [-0.39, 0.29) is 10.9 Å². The minimum absolute atomic E-state index is 0.111. The van der Waals surface area contributed by atoms with Crippen molar-refractivity contribution < 1.29 is 55.6 Å². The first-order valence-corrected chi connectivity index (χ1v) is 13.8. The molecule has 0 aliphatic carbocycles. The second kappa shape index (κ2) is 10.7. The molecule has 4 aromatic rings. The normalized spacial score (nSPS) is 11.8. The number of aromatic amines is 2. The second-order valence-electron chi connectivity index (χ2n) is 6.03. The minimum atomic E-state index is -4.22. The van der Waals surface area contributed by atoms with Crippen LogP contribution in [0.1, 0.15) is 0 Å². The van der Waals surface area contributed by atoms with Gasteiger partial charge in [0.25, 0.3) is 0 Å². The van der Waals surface area contributed by atoms with Crippen LogP contribution in [-0.4, -0.2) is 37.9 Å². The van der Waals surface area contributed by atoms with Gasteiger partial charge in [0.05, 0.1) is 0 Å². The van der Waals surface area contributed by atoms with Crippen LogP contribution < -0.4 is 10.9 Å². The first-order valence-electron chi connectivity index (χ1n) is 8.16. The predicted octanol–water partition coefficient (Wildman–Crippen LogP) is 2.01. The molecule has 32 heavy (non-hydrogen) atoms. The number of hydrogen-bond donors (Lipinski definition) is 8. The van der Waals surface area contributed by atoms with Crippen molar-refractivity contribution in [1.29, 1.82) is 0 Å². The summed E-state index contributed by atoms with van der Waals surface area (Å²) in [5.74, 6) is 0. The van der Waals surface area contributed by atoms with Crippen molar-refractivity contribution >= 4 is 71.1 Å². The average Bonchev–Trinajstić information content (AvgIpc) is 3.27. The van der Waals surface area contributed by atoms with Gasteiger partial charge in [0, 0.05) is 31.9 Å². The molecule has 0 bridgehead atoms. The predicted molar refractivity (Wildman–Crippen MR) is 115 cm³/mol. The van der Waals surface area contributed by atoms with E-state index in [1.54, 1.807) is 36.4 Å². The molecule has 0 amide bonds. The van der Waals surface area contributed by atoms with Gasteiger partial charge in [0.2, 0.25) is 0 Å². The molecular weight excluding hydrogens is 549 g/mol. The Morgan fingerprint density at radius 2 is 1.03 bits per heavy atom. The van der Waals surface area contributed by atoms with Crippen molar-refractivity contribution in [3.63, 3.8) is 0 Å². The fraction of sp³-hybridized carbons (Fsp3) is 0. The van der Waals surface area contributed by atoms with E-state index in [4.69, 9.17) is 54.9 Å². The number of hydrogen-bond acceptors (Lipinski definition) is 3. The molecule has 0 aliphatic heterocycles. The van der Waals surface area contributed by atoms with Crippen LogP contribution in [0.25, 0.3) is 21.8 Å². The summed E-state index contributed by atoms with van der Waals surface area (Å²) < 4.78 is 45.0. The molecule has 0 unspecified atom stereocenters. The fourth-order valence-electron chi connectivity index (χ4n) is 2.52. The summed E-state index contributed by atoms with van der Waals surface area (Å²) in [5, 5.41) is 2.18. The van der Waals surface area contributed by atoms with E-state index in [0.717, 1.165) is 0 Å². The summed E-state index contributed by atoms with van der Waals surface area (Å²) in [6.45, 7) is 0. The zero-order valence-corrected chi connectivity index (χ0v) is 20.2. The molecule has 0 fully saturated rings. The molecule has 2 aromatic heterocycles. The Morgan fingerprint density at radius 1 is 0.719 bits per heavy atom. The van der Waals surface area contributed by atoms with E-state index < -0.39 is 29.9 Å². The van der Waals surface area contributed by atoms with Crippen LogP contribution in [0.5, 0.6) is 0 Å². The van der Waals surface area contributed by atoms with Gasteiger partial charge in [-0.3, -0.25) is 9.13 Å². The molecule has 0 saturated carbocycles. The molecular formula is C16H16Cl2CrN2O9P2. The summed E-state index contributed by atoms with van der Waals surface area (Å²) in [4.78, 5) is 40.9. The van der Waals surface area contributed by atoms with Crippen LogP contribution in [-0.2, 0) is 27.7 Å². The van der Waals surface area contributed by atoms with Gasteiger partial charge in [-0.05, 0) is 36.4 Å². The maximum atomic E-state index is 10.9. The Labute approximate surface area is 194 Å². The Balaban J connectivity index is 0.000000195. The second-order valence-corrected chi connectivity index (χ2v) is 10.7. The van der Waals surface area contributed by atoms with Crippen molar-refractivity contribution in [3.8, 4) is 0 Å². The average molecular weight is 565 g/mol. The molecule has 4 rings (SSSR count). The molecule has 2 heterocycles. The van der Waals surface area contributed by atoms with Gasteiger partial charge >= 0.3 is 42.1 Å². The van der Waals surface area contributed by atoms with Crippen LogP contribution in [0.15, 0.2) is 48.5 Å².